The van der Waals surface area contributed by atoms with E-state index in [1.165, 1.54) is 16.2 Å². The lowest BCUT2D eigenvalue weighted by molar-refractivity contribution is -0.122. The van der Waals surface area contributed by atoms with E-state index >= 15 is 0 Å². The Bertz CT molecular complexity index is 902. The Morgan fingerprint density at radius 2 is 1.96 bits per heavy atom. The maximum Gasteiger partial charge on any atom is 0.270 e. The van der Waals surface area contributed by atoms with Crippen LogP contribution in [0.5, 0.6) is 0 Å². The van der Waals surface area contributed by atoms with Crippen LogP contribution in [0.2, 0.25) is 0 Å². The van der Waals surface area contributed by atoms with Gasteiger partial charge in [0.25, 0.3) is 11.8 Å². The zero-order valence-electron chi connectivity index (χ0n) is 12.9. The van der Waals surface area contributed by atoms with Crippen LogP contribution >= 0.6 is 39.5 Å². The summed E-state index contributed by atoms with van der Waals surface area (Å²) in [6.07, 6.45) is 1.63. The molecule has 1 N–H and O–H groups in total. The largest absolute Gasteiger partial charge is 0.298 e. The third-order valence-electron chi connectivity index (χ3n) is 3.68. The highest BCUT2D eigenvalue weighted by Gasteiger charge is 2.35. The van der Waals surface area contributed by atoms with Gasteiger partial charge in [-0.1, -0.05) is 15.9 Å². The van der Waals surface area contributed by atoms with Crippen molar-refractivity contribution in [2.24, 2.45) is 0 Å². The molecule has 0 spiro atoms. The van der Waals surface area contributed by atoms with Crippen molar-refractivity contribution in [1.82, 2.24) is 5.32 Å². The number of halogens is 1. The van der Waals surface area contributed by atoms with Gasteiger partial charge in [-0.3, -0.25) is 19.8 Å². The molecule has 0 atom stereocenters. The monoisotopic (exact) mass is 420 g/mol. The van der Waals surface area contributed by atoms with Crippen molar-refractivity contribution in [3.63, 3.8) is 0 Å². The molecule has 122 valence electrons. The first kappa shape index (κ1) is 17.0. The first-order valence-electron chi connectivity index (χ1n) is 7.10. The van der Waals surface area contributed by atoms with E-state index in [1.54, 1.807) is 12.1 Å². The summed E-state index contributed by atoms with van der Waals surface area (Å²) < 4.78 is 0.910. The lowest BCUT2D eigenvalue weighted by Crippen LogP contribution is -2.54. The van der Waals surface area contributed by atoms with Gasteiger partial charge in [-0.15, -0.1) is 11.3 Å². The summed E-state index contributed by atoms with van der Waals surface area (Å²) in [5.74, 6) is -0.884. The molecule has 2 aromatic rings. The van der Waals surface area contributed by atoms with Crippen molar-refractivity contribution >= 4 is 68.2 Å². The highest BCUT2D eigenvalue weighted by atomic mass is 79.9. The van der Waals surface area contributed by atoms with Crippen molar-refractivity contribution in [2.75, 3.05) is 4.90 Å². The second-order valence-electron chi connectivity index (χ2n) is 5.36. The molecule has 2 heterocycles. The van der Waals surface area contributed by atoms with Gasteiger partial charge in [-0.05, 0) is 72.9 Å². The number of aryl methyl sites for hydroxylation is 2. The van der Waals surface area contributed by atoms with Crippen molar-refractivity contribution in [1.29, 1.82) is 0 Å². The molecule has 1 aromatic carbocycles. The van der Waals surface area contributed by atoms with Gasteiger partial charge in [-0.2, -0.15) is 0 Å². The number of anilines is 1. The van der Waals surface area contributed by atoms with Crippen LogP contribution in [-0.4, -0.2) is 16.9 Å². The Morgan fingerprint density at radius 1 is 1.21 bits per heavy atom. The van der Waals surface area contributed by atoms with Gasteiger partial charge >= 0.3 is 0 Å². The molecule has 7 heteroatoms. The Labute approximate surface area is 157 Å². The number of nitrogens with zero attached hydrogens (tertiary/aromatic N) is 1. The van der Waals surface area contributed by atoms with E-state index in [9.17, 15) is 9.59 Å². The minimum Gasteiger partial charge on any atom is -0.298 e. The van der Waals surface area contributed by atoms with E-state index in [4.69, 9.17) is 12.2 Å². The second-order valence-corrected chi connectivity index (χ2v) is 7.61. The van der Waals surface area contributed by atoms with E-state index in [1.807, 2.05) is 37.4 Å². The van der Waals surface area contributed by atoms with Crippen LogP contribution in [0.3, 0.4) is 0 Å². The first-order valence-corrected chi connectivity index (χ1v) is 9.18. The number of thiophene rings is 1. The van der Waals surface area contributed by atoms with Crippen LogP contribution in [0.4, 0.5) is 5.69 Å². The highest BCUT2D eigenvalue weighted by molar-refractivity contribution is 9.10. The molecule has 2 amide bonds. The Kier molecular flexibility index (Phi) is 4.67. The molecule has 3 rings (SSSR count). The number of rotatable bonds is 2. The van der Waals surface area contributed by atoms with Crippen molar-refractivity contribution in [3.05, 3.63) is 55.7 Å². The first-order chi connectivity index (χ1) is 11.4. The quantitative estimate of drug-likeness (QED) is 0.454. The number of carbonyl (C=O) groups is 2. The second kappa shape index (κ2) is 6.58. The van der Waals surface area contributed by atoms with Crippen LogP contribution in [0, 0.1) is 13.8 Å². The third kappa shape index (κ3) is 3.07. The van der Waals surface area contributed by atoms with Gasteiger partial charge in [0.15, 0.2) is 5.11 Å². The predicted molar refractivity (Wildman–Crippen MR) is 104 cm³/mol. The number of hydrogen-bond donors (Lipinski definition) is 1. The molecule has 1 aromatic heterocycles. The van der Waals surface area contributed by atoms with E-state index in [0.29, 0.717) is 5.69 Å². The van der Waals surface area contributed by atoms with Crippen molar-refractivity contribution in [2.45, 2.75) is 13.8 Å². The average Bonchev–Trinajstić information content (AvgIpc) is 2.90. The fourth-order valence-corrected chi connectivity index (χ4v) is 4.02. The Morgan fingerprint density at radius 3 is 2.58 bits per heavy atom. The van der Waals surface area contributed by atoms with Gasteiger partial charge in [0.1, 0.15) is 5.57 Å². The van der Waals surface area contributed by atoms with E-state index in [-0.39, 0.29) is 10.7 Å². The smallest absolute Gasteiger partial charge is 0.270 e. The van der Waals surface area contributed by atoms with Crippen LogP contribution in [0.15, 0.2) is 39.7 Å². The molecule has 0 unspecified atom stereocenters. The molecular weight excluding hydrogens is 408 g/mol. The van der Waals surface area contributed by atoms with Crippen LogP contribution in [-0.2, 0) is 9.59 Å². The number of amides is 2. The molecule has 1 aliphatic rings. The van der Waals surface area contributed by atoms with Crippen molar-refractivity contribution in [3.8, 4) is 0 Å². The molecule has 0 aliphatic carbocycles. The molecule has 1 saturated heterocycles. The molecule has 1 fully saturated rings. The molecule has 24 heavy (non-hydrogen) atoms. The van der Waals surface area contributed by atoms with Gasteiger partial charge in [0, 0.05) is 9.35 Å². The standard InChI is InChI=1S/C17H13BrN2O2S2/c1-9-5-6-24-14(9)8-12-15(21)19-17(23)20(16(12)22)13-4-3-11(18)7-10(13)2/h3-8H,1-2H3,(H,19,21,23)/b12-8-. The van der Waals surface area contributed by atoms with Gasteiger partial charge in [0.2, 0.25) is 0 Å². The predicted octanol–water partition coefficient (Wildman–Crippen LogP) is 3.96. The van der Waals surface area contributed by atoms with Crippen molar-refractivity contribution < 1.29 is 9.59 Å². The summed E-state index contributed by atoms with van der Waals surface area (Å²) in [6.45, 7) is 3.83. The summed E-state index contributed by atoms with van der Waals surface area (Å²) in [7, 11) is 0. The topological polar surface area (TPSA) is 49.4 Å². The maximum absolute atomic E-state index is 12.9. The third-order valence-corrected chi connectivity index (χ3v) is 5.42. The maximum atomic E-state index is 12.9. The Balaban J connectivity index is 2.06. The molecule has 4 nitrogen and oxygen atoms in total. The minimum absolute atomic E-state index is 0.0801. The summed E-state index contributed by atoms with van der Waals surface area (Å²) in [5.41, 5.74) is 2.63. The lowest BCUT2D eigenvalue weighted by atomic mass is 10.1. The fourth-order valence-electron chi connectivity index (χ4n) is 2.41. The number of nitrogens with one attached hydrogen (secondary N) is 1. The van der Waals surface area contributed by atoms with Gasteiger partial charge in [-0.25, -0.2) is 0 Å². The summed E-state index contributed by atoms with van der Waals surface area (Å²) in [4.78, 5) is 27.4. The number of hydrogen-bond acceptors (Lipinski definition) is 4. The molecule has 0 saturated carbocycles. The zero-order chi connectivity index (χ0) is 17.4. The Hall–Kier alpha value is -1.83. The minimum atomic E-state index is -0.469. The van der Waals surface area contributed by atoms with Gasteiger partial charge < -0.3 is 0 Å². The summed E-state index contributed by atoms with van der Waals surface area (Å²) >= 11 is 10.1. The van der Waals surface area contributed by atoms with E-state index in [0.717, 1.165) is 20.5 Å². The SMILES string of the molecule is Cc1cc(Br)ccc1N1C(=O)/C(=C\c2sccc2C)C(=O)NC1=S. The number of carbonyl (C=O) groups excluding carboxylic acids is 2. The zero-order valence-corrected chi connectivity index (χ0v) is 16.1. The fraction of sp³-hybridized carbons (Fsp3) is 0.118. The number of thiocarbonyl (C=S) groups is 1. The summed E-state index contributed by atoms with van der Waals surface area (Å²) in [6, 6.07) is 7.48. The number of benzene rings is 1. The normalized spacial score (nSPS) is 16.7. The summed E-state index contributed by atoms with van der Waals surface area (Å²) in [5, 5.41) is 4.62. The molecule has 1 aliphatic heterocycles. The van der Waals surface area contributed by atoms with Crippen LogP contribution < -0.4 is 10.2 Å². The molecular formula is C17H13BrN2O2S2. The van der Waals surface area contributed by atoms with Crippen LogP contribution in [0.1, 0.15) is 16.0 Å². The van der Waals surface area contributed by atoms with Gasteiger partial charge in [0.05, 0.1) is 5.69 Å². The molecule has 0 radical (unpaired) electrons. The highest BCUT2D eigenvalue weighted by Crippen LogP contribution is 2.28. The lowest BCUT2D eigenvalue weighted by Gasteiger charge is -2.30. The molecule has 0 bridgehead atoms. The van der Waals surface area contributed by atoms with E-state index < -0.39 is 11.8 Å². The van der Waals surface area contributed by atoms with E-state index in [2.05, 4.69) is 21.2 Å². The van der Waals surface area contributed by atoms with Crippen LogP contribution in [0.25, 0.3) is 6.08 Å². The average molecular weight is 421 g/mol.